The highest BCUT2D eigenvalue weighted by atomic mass is 35.5. The van der Waals surface area contributed by atoms with Crippen molar-refractivity contribution < 1.29 is 18.3 Å². The van der Waals surface area contributed by atoms with Crippen LogP contribution in [0.25, 0.3) is 0 Å². The third kappa shape index (κ3) is 4.46. The number of aryl methyl sites for hydroxylation is 1. The molecule has 0 saturated carbocycles. The Morgan fingerprint density at radius 3 is 2.78 bits per heavy atom. The largest absolute Gasteiger partial charge is 0.416 e. The second-order valence-corrected chi connectivity index (χ2v) is 6.63. The molecular weight excluding hydrogens is 371 g/mol. The van der Waals surface area contributed by atoms with Gasteiger partial charge in [0.1, 0.15) is 17.8 Å². The van der Waals surface area contributed by atoms with Crippen molar-refractivity contribution in [1.82, 2.24) is 10.3 Å². The van der Waals surface area contributed by atoms with Gasteiger partial charge in [0.2, 0.25) is 0 Å². The number of hydrogen-bond donors (Lipinski definition) is 1. The average molecular weight is 389 g/mol. The summed E-state index contributed by atoms with van der Waals surface area (Å²) in [7, 11) is 0. The zero-order chi connectivity index (χ0) is 19.6. The van der Waals surface area contributed by atoms with E-state index in [1.54, 1.807) is 38.1 Å². The third-order valence-corrected chi connectivity index (χ3v) is 4.43. The van der Waals surface area contributed by atoms with Crippen molar-refractivity contribution >= 4 is 17.5 Å². The van der Waals surface area contributed by atoms with Crippen molar-refractivity contribution in [1.29, 1.82) is 0 Å². The van der Waals surface area contributed by atoms with Crippen LogP contribution in [0.15, 0.2) is 47.1 Å². The van der Waals surface area contributed by atoms with E-state index in [2.05, 4.69) is 10.3 Å². The van der Waals surface area contributed by atoms with Crippen molar-refractivity contribution in [2.24, 2.45) is 0 Å². The lowest BCUT2D eigenvalue weighted by Gasteiger charge is -2.15. The monoisotopic (exact) mass is 388 g/mol. The molecule has 1 N–H and O–H groups in total. The van der Waals surface area contributed by atoms with Gasteiger partial charge < -0.3 is 14.5 Å². The van der Waals surface area contributed by atoms with Gasteiger partial charge in [0.25, 0.3) is 5.91 Å². The lowest BCUT2D eigenvalue weighted by atomic mass is 10.0. The van der Waals surface area contributed by atoms with Gasteiger partial charge in [-0.2, -0.15) is 4.98 Å². The van der Waals surface area contributed by atoms with Crippen LogP contribution in [-0.4, -0.2) is 10.9 Å². The summed E-state index contributed by atoms with van der Waals surface area (Å²) >= 11 is 5.89. The van der Waals surface area contributed by atoms with Gasteiger partial charge in [0.05, 0.1) is 6.04 Å². The van der Waals surface area contributed by atoms with E-state index >= 15 is 0 Å². The molecule has 5 nitrogen and oxygen atoms in total. The molecule has 140 valence electrons. The Kier molecular flexibility index (Phi) is 5.46. The highest BCUT2D eigenvalue weighted by Gasteiger charge is 2.18. The summed E-state index contributed by atoms with van der Waals surface area (Å²) in [6, 6.07) is 9.58. The van der Waals surface area contributed by atoms with Crippen LogP contribution in [0.2, 0.25) is 5.02 Å². The first-order chi connectivity index (χ1) is 12.8. The minimum Gasteiger partial charge on any atom is -0.416 e. The Labute approximate surface area is 161 Å². The standard InChI is InChI=1S/C20H18ClFN2O3/c1-11-7-14(8-17(22)12(11)2)13(3)23-19(25)18-10-26-20(24-18)27-16-6-4-5-15(21)9-16/h4-10,13H,1-3H3,(H,23,25). The van der Waals surface area contributed by atoms with Crippen molar-refractivity contribution in [2.45, 2.75) is 26.8 Å². The van der Waals surface area contributed by atoms with Crippen molar-refractivity contribution in [3.63, 3.8) is 0 Å². The van der Waals surface area contributed by atoms with Gasteiger partial charge >= 0.3 is 6.08 Å². The number of oxazole rings is 1. The van der Waals surface area contributed by atoms with Gasteiger partial charge in [-0.3, -0.25) is 4.79 Å². The summed E-state index contributed by atoms with van der Waals surface area (Å²) in [5, 5.41) is 3.27. The number of nitrogens with zero attached hydrogens (tertiary/aromatic N) is 1. The van der Waals surface area contributed by atoms with E-state index in [1.165, 1.54) is 12.3 Å². The fraction of sp³-hybridized carbons (Fsp3) is 0.200. The molecule has 0 spiro atoms. The minimum absolute atomic E-state index is 0.0585. The molecule has 1 heterocycles. The molecule has 7 heteroatoms. The normalized spacial score (nSPS) is 11.9. The molecule has 0 aliphatic heterocycles. The molecule has 1 aromatic heterocycles. The lowest BCUT2D eigenvalue weighted by Crippen LogP contribution is -2.27. The number of ether oxygens (including phenoxy) is 1. The van der Waals surface area contributed by atoms with E-state index in [1.807, 2.05) is 13.0 Å². The molecule has 0 aliphatic rings. The van der Waals surface area contributed by atoms with Crippen LogP contribution >= 0.6 is 11.6 Å². The van der Waals surface area contributed by atoms with Gasteiger partial charge in [-0.15, -0.1) is 0 Å². The minimum atomic E-state index is -0.453. The first-order valence-electron chi connectivity index (χ1n) is 8.30. The highest BCUT2D eigenvalue weighted by molar-refractivity contribution is 6.30. The SMILES string of the molecule is Cc1cc(C(C)NC(=O)c2coc(Oc3cccc(Cl)c3)n2)cc(F)c1C. The van der Waals surface area contributed by atoms with Gasteiger partial charge in [0, 0.05) is 5.02 Å². The van der Waals surface area contributed by atoms with E-state index in [9.17, 15) is 9.18 Å². The van der Waals surface area contributed by atoms with E-state index in [-0.39, 0.29) is 17.6 Å². The van der Waals surface area contributed by atoms with Gasteiger partial charge in [-0.05, 0) is 61.7 Å². The van der Waals surface area contributed by atoms with Crippen molar-refractivity contribution in [2.75, 3.05) is 0 Å². The molecule has 3 aromatic rings. The zero-order valence-electron chi connectivity index (χ0n) is 15.0. The molecule has 3 rings (SSSR count). The summed E-state index contributed by atoms with van der Waals surface area (Å²) in [4.78, 5) is 16.4. The number of halogens is 2. The fourth-order valence-electron chi connectivity index (χ4n) is 2.49. The summed E-state index contributed by atoms with van der Waals surface area (Å²) < 4.78 is 24.5. The Morgan fingerprint density at radius 1 is 1.30 bits per heavy atom. The van der Waals surface area contributed by atoms with Crippen LogP contribution in [0, 0.1) is 19.7 Å². The van der Waals surface area contributed by atoms with Crippen LogP contribution in [0.3, 0.4) is 0 Å². The summed E-state index contributed by atoms with van der Waals surface area (Å²) in [6.45, 7) is 5.31. The maximum Gasteiger partial charge on any atom is 0.399 e. The molecule has 1 amide bonds. The van der Waals surface area contributed by atoms with E-state index < -0.39 is 11.9 Å². The summed E-state index contributed by atoms with van der Waals surface area (Å²) in [5.74, 6) is -0.314. The third-order valence-electron chi connectivity index (χ3n) is 4.19. The van der Waals surface area contributed by atoms with E-state index in [0.717, 1.165) is 5.56 Å². The maximum absolute atomic E-state index is 13.9. The summed E-state index contributed by atoms with van der Waals surface area (Å²) in [5.41, 5.74) is 2.15. The Bertz CT molecular complexity index is 964. The molecule has 2 aromatic carbocycles. The second-order valence-electron chi connectivity index (χ2n) is 6.20. The van der Waals surface area contributed by atoms with Crippen LogP contribution in [0.5, 0.6) is 11.8 Å². The molecule has 0 bridgehead atoms. The van der Waals surface area contributed by atoms with Gasteiger partial charge in [-0.1, -0.05) is 23.7 Å². The van der Waals surface area contributed by atoms with Crippen molar-refractivity contribution in [3.05, 3.63) is 75.9 Å². The maximum atomic E-state index is 13.9. The number of carbonyl (C=O) groups is 1. The molecule has 0 saturated heterocycles. The number of nitrogens with one attached hydrogen (secondary N) is 1. The molecule has 1 atom stereocenters. The molecule has 0 aliphatic carbocycles. The highest BCUT2D eigenvalue weighted by Crippen LogP contribution is 2.24. The molecular formula is C20H18ClFN2O3. The molecule has 0 fully saturated rings. The topological polar surface area (TPSA) is 64.4 Å². The zero-order valence-corrected chi connectivity index (χ0v) is 15.8. The van der Waals surface area contributed by atoms with Crippen LogP contribution in [-0.2, 0) is 0 Å². The Balaban J connectivity index is 1.69. The lowest BCUT2D eigenvalue weighted by molar-refractivity contribution is 0.0934. The fourth-order valence-corrected chi connectivity index (χ4v) is 2.67. The summed E-state index contributed by atoms with van der Waals surface area (Å²) in [6.07, 6.45) is 1.12. The van der Waals surface area contributed by atoms with Gasteiger partial charge in [0.15, 0.2) is 5.69 Å². The predicted molar refractivity (Wildman–Crippen MR) is 99.8 cm³/mol. The number of hydrogen-bond acceptors (Lipinski definition) is 4. The Morgan fingerprint density at radius 2 is 2.07 bits per heavy atom. The van der Waals surface area contributed by atoms with E-state index in [0.29, 0.717) is 21.9 Å². The number of rotatable bonds is 5. The Hall–Kier alpha value is -2.86. The van der Waals surface area contributed by atoms with Crippen molar-refractivity contribution in [3.8, 4) is 11.8 Å². The molecule has 0 radical (unpaired) electrons. The number of aromatic nitrogens is 1. The van der Waals surface area contributed by atoms with Crippen LogP contribution in [0.4, 0.5) is 4.39 Å². The van der Waals surface area contributed by atoms with Gasteiger partial charge in [-0.25, -0.2) is 4.39 Å². The quantitative estimate of drug-likeness (QED) is 0.638. The average Bonchev–Trinajstić information content (AvgIpc) is 3.07. The first kappa shape index (κ1) is 18.9. The number of benzene rings is 2. The van der Waals surface area contributed by atoms with Crippen LogP contribution in [0.1, 0.15) is 40.1 Å². The van der Waals surface area contributed by atoms with E-state index in [4.69, 9.17) is 20.8 Å². The number of amides is 1. The second kappa shape index (κ2) is 7.80. The molecule has 1 unspecified atom stereocenters. The molecule has 27 heavy (non-hydrogen) atoms. The first-order valence-corrected chi connectivity index (χ1v) is 8.67. The smallest absolute Gasteiger partial charge is 0.399 e. The number of carbonyl (C=O) groups excluding carboxylic acids is 1. The predicted octanol–water partition coefficient (Wildman–Crippen LogP) is 5.37. The van der Waals surface area contributed by atoms with Crippen LogP contribution < -0.4 is 10.1 Å².